The van der Waals surface area contributed by atoms with Crippen molar-refractivity contribution < 1.29 is 9.47 Å². The average Bonchev–Trinajstić information content (AvgIpc) is 3.08. The lowest BCUT2D eigenvalue weighted by molar-refractivity contribution is -0.284. The van der Waals surface area contributed by atoms with Crippen LogP contribution in [0.25, 0.3) is 0 Å². The van der Waals surface area contributed by atoms with Crippen molar-refractivity contribution in [2.24, 2.45) is 22.2 Å². The smallest absolute Gasteiger partial charge is 0.173 e. The summed E-state index contributed by atoms with van der Waals surface area (Å²) in [5.41, 5.74) is 2.23. The number of fused-ring (bicyclic) bond motifs is 3. The van der Waals surface area contributed by atoms with Crippen LogP contribution in [0.4, 0.5) is 0 Å². The Morgan fingerprint density at radius 1 is 1.12 bits per heavy atom. The molecule has 3 atom stereocenters. The zero-order valence-electron chi connectivity index (χ0n) is 16.1. The number of hydrogen-bond acceptors (Lipinski definition) is 2. The van der Waals surface area contributed by atoms with Crippen molar-refractivity contribution in [3.8, 4) is 0 Å². The molecule has 0 N–H and O–H groups in total. The third kappa shape index (κ3) is 2.43. The molecule has 1 heterocycles. The Morgan fingerprint density at radius 3 is 2.60 bits per heavy atom. The molecule has 3 fully saturated rings. The Hall–Kier alpha value is -0.310. The highest BCUT2D eigenvalue weighted by Gasteiger charge is 2.65. The fraction of sp³-hybridized carbons (Fsp3) is 0.818. The average molecular weight is 365 g/mol. The van der Waals surface area contributed by atoms with Gasteiger partial charge < -0.3 is 9.47 Å². The molecule has 4 aliphatic rings. The molecule has 25 heavy (non-hydrogen) atoms. The zero-order chi connectivity index (χ0) is 17.8. The first kappa shape index (κ1) is 18.1. The SMILES string of the molecule is CC1(C)[C@@H]2CC[C@@]3(/C=C/CCl)CCCC=C3[C@@]2(C)CCC12OCCO2. The molecule has 0 bridgehead atoms. The van der Waals surface area contributed by atoms with Crippen LogP contribution in [-0.2, 0) is 9.47 Å². The molecule has 1 saturated heterocycles. The van der Waals surface area contributed by atoms with Gasteiger partial charge in [0.05, 0.1) is 13.2 Å². The highest BCUT2D eigenvalue weighted by Crippen LogP contribution is 2.69. The van der Waals surface area contributed by atoms with Gasteiger partial charge in [0.15, 0.2) is 5.79 Å². The van der Waals surface area contributed by atoms with E-state index < -0.39 is 0 Å². The fourth-order valence-corrected chi connectivity index (χ4v) is 7.04. The lowest BCUT2D eigenvalue weighted by Gasteiger charge is -2.64. The predicted molar refractivity (Wildman–Crippen MR) is 103 cm³/mol. The van der Waals surface area contributed by atoms with Crippen LogP contribution < -0.4 is 0 Å². The van der Waals surface area contributed by atoms with E-state index in [0.717, 1.165) is 19.6 Å². The minimum absolute atomic E-state index is 0.0388. The Labute approximate surface area is 158 Å². The van der Waals surface area contributed by atoms with Crippen LogP contribution in [0.2, 0.25) is 0 Å². The summed E-state index contributed by atoms with van der Waals surface area (Å²) in [5, 5.41) is 0. The Kier molecular flexibility index (Phi) is 4.41. The topological polar surface area (TPSA) is 18.5 Å². The molecule has 1 aliphatic heterocycles. The summed E-state index contributed by atoms with van der Waals surface area (Å²) >= 11 is 6.01. The lowest BCUT2D eigenvalue weighted by atomic mass is 9.42. The number of halogens is 1. The van der Waals surface area contributed by atoms with Crippen LogP contribution in [-0.4, -0.2) is 24.9 Å². The molecular weight excluding hydrogens is 332 g/mol. The van der Waals surface area contributed by atoms with Crippen molar-refractivity contribution in [2.75, 3.05) is 19.1 Å². The van der Waals surface area contributed by atoms with E-state index in [1.165, 1.54) is 38.5 Å². The van der Waals surface area contributed by atoms with Crippen LogP contribution in [0.3, 0.4) is 0 Å². The van der Waals surface area contributed by atoms with Crippen molar-refractivity contribution in [1.82, 2.24) is 0 Å². The van der Waals surface area contributed by atoms with Gasteiger partial charge >= 0.3 is 0 Å². The molecule has 3 heteroatoms. The standard InChI is InChI=1S/C22H33ClO2/c1-19(2)17-8-11-21(10-6-14-23)9-5-4-7-18(21)20(17,3)12-13-22(19)24-15-16-25-22/h6-7,10,17H,4-5,8-9,11-16H2,1-3H3/b10-6+/t17-,20-,21-/m0/s1. The van der Waals surface area contributed by atoms with E-state index in [-0.39, 0.29) is 22.0 Å². The predicted octanol–water partition coefficient (Wildman–Crippen LogP) is 5.86. The van der Waals surface area contributed by atoms with Gasteiger partial charge in [-0.2, -0.15) is 0 Å². The first-order valence-electron chi connectivity index (χ1n) is 10.1. The molecule has 4 rings (SSSR count). The van der Waals surface area contributed by atoms with E-state index >= 15 is 0 Å². The Bertz CT molecular complexity index is 587. The third-order valence-corrected chi connectivity index (χ3v) is 8.26. The van der Waals surface area contributed by atoms with Crippen LogP contribution in [0.1, 0.15) is 65.7 Å². The summed E-state index contributed by atoms with van der Waals surface area (Å²) in [4.78, 5) is 0. The van der Waals surface area contributed by atoms with Crippen LogP contribution in [0.15, 0.2) is 23.8 Å². The summed E-state index contributed by atoms with van der Waals surface area (Å²) in [6, 6.07) is 0. The van der Waals surface area contributed by atoms with Crippen molar-refractivity contribution >= 4 is 11.6 Å². The number of ether oxygens (including phenoxy) is 2. The first-order chi connectivity index (χ1) is 11.9. The molecule has 3 aliphatic carbocycles. The number of rotatable bonds is 2. The maximum absolute atomic E-state index is 6.24. The number of allylic oxidation sites excluding steroid dienone is 4. The molecule has 0 unspecified atom stereocenters. The van der Waals surface area contributed by atoms with Gasteiger partial charge in [-0.25, -0.2) is 0 Å². The fourth-order valence-electron chi connectivity index (χ4n) is 6.95. The van der Waals surface area contributed by atoms with Gasteiger partial charge in [0.1, 0.15) is 0 Å². The molecule has 2 nitrogen and oxygen atoms in total. The van der Waals surface area contributed by atoms with Crippen LogP contribution >= 0.6 is 11.6 Å². The van der Waals surface area contributed by atoms with E-state index in [4.69, 9.17) is 21.1 Å². The van der Waals surface area contributed by atoms with Crippen molar-refractivity contribution in [3.63, 3.8) is 0 Å². The molecule has 0 aromatic heterocycles. The second kappa shape index (κ2) is 6.11. The zero-order valence-corrected chi connectivity index (χ0v) is 16.8. The van der Waals surface area contributed by atoms with Crippen molar-refractivity contribution in [1.29, 1.82) is 0 Å². The molecule has 1 spiro atoms. The molecule has 0 radical (unpaired) electrons. The Balaban J connectivity index is 1.75. The van der Waals surface area contributed by atoms with Crippen LogP contribution in [0, 0.1) is 22.2 Å². The van der Waals surface area contributed by atoms with Gasteiger partial charge in [-0.3, -0.25) is 0 Å². The summed E-state index contributed by atoms with van der Waals surface area (Å²) in [7, 11) is 0. The van der Waals surface area contributed by atoms with Crippen LogP contribution in [0.5, 0.6) is 0 Å². The first-order valence-corrected chi connectivity index (χ1v) is 10.7. The third-order valence-electron chi connectivity index (χ3n) is 8.08. The summed E-state index contributed by atoms with van der Waals surface area (Å²) in [6.07, 6.45) is 15.7. The minimum atomic E-state index is -0.363. The molecule has 0 aromatic carbocycles. The van der Waals surface area contributed by atoms with Gasteiger partial charge in [0, 0.05) is 23.1 Å². The number of alkyl halides is 1. The summed E-state index contributed by atoms with van der Waals surface area (Å²) in [5.74, 6) is 0.859. The van der Waals surface area contributed by atoms with E-state index in [2.05, 4.69) is 39.0 Å². The molecule has 0 amide bonds. The van der Waals surface area contributed by atoms with E-state index in [9.17, 15) is 0 Å². The van der Waals surface area contributed by atoms with E-state index in [0.29, 0.717) is 11.8 Å². The monoisotopic (exact) mass is 364 g/mol. The highest BCUT2D eigenvalue weighted by atomic mass is 35.5. The van der Waals surface area contributed by atoms with Crippen molar-refractivity contribution in [3.05, 3.63) is 23.8 Å². The minimum Gasteiger partial charge on any atom is -0.347 e. The largest absolute Gasteiger partial charge is 0.347 e. The quantitative estimate of drug-likeness (QED) is 0.451. The van der Waals surface area contributed by atoms with Gasteiger partial charge in [-0.15, -0.1) is 11.6 Å². The normalized spacial score (nSPS) is 42.2. The lowest BCUT2D eigenvalue weighted by Crippen LogP contribution is -2.61. The van der Waals surface area contributed by atoms with Crippen molar-refractivity contribution in [2.45, 2.75) is 71.5 Å². The second-order valence-corrected chi connectivity index (χ2v) is 9.71. The van der Waals surface area contributed by atoms with Gasteiger partial charge in [-0.1, -0.05) is 44.6 Å². The summed E-state index contributed by atoms with van der Waals surface area (Å²) < 4.78 is 12.5. The molecular formula is C22H33ClO2. The maximum Gasteiger partial charge on any atom is 0.173 e. The van der Waals surface area contributed by atoms with E-state index in [1.54, 1.807) is 5.57 Å². The Morgan fingerprint density at radius 2 is 1.88 bits per heavy atom. The molecule has 0 aromatic rings. The second-order valence-electron chi connectivity index (χ2n) is 9.40. The van der Waals surface area contributed by atoms with E-state index in [1.807, 2.05) is 0 Å². The number of hydrogen-bond donors (Lipinski definition) is 0. The summed E-state index contributed by atoms with van der Waals surface area (Å²) in [6.45, 7) is 8.81. The van der Waals surface area contributed by atoms with Gasteiger partial charge in [0.2, 0.25) is 0 Å². The highest BCUT2D eigenvalue weighted by molar-refractivity contribution is 6.18. The molecule has 2 saturated carbocycles. The molecule has 140 valence electrons. The maximum atomic E-state index is 6.24. The van der Waals surface area contributed by atoms with Gasteiger partial charge in [0.25, 0.3) is 0 Å². The van der Waals surface area contributed by atoms with Gasteiger partial charge in [-0.05, 0) is 49.9 Å².